The molecule has 0 heterocycles. The van der Waals surface area contributed by atoms with Crippen molar-refractivity contribution in [3.05, 3.63) is 10.4 Å². The van der Waals surface area contributed by atoms with E-state index in [0.717, 1.165) is 19.3 Å². The molecule has 0 N–H and O–H groups in total. The molecule has 0 fully saturated rings. The minimum absolute atomic E-state index is 0.145. The zero-order valence-corrected chi connectivity index (χ0v) is 19.0. The van der Waals surface area contributed by atoms with Crippen molar-refractivity contribution in [2.24, 2.45) is 5.11 Å². The number of carbonyl (C=O) groups is 1. The highest BCUT2D eigenvalue weighted by molar-refractivity contribution is 5.74. The molecule has 2 unspecified atom stereocenters. The van der Waals surface area contributed by atoms with Crippen molar-refractivity contribution in [3.63, 3.8) is 0 Å². The molecule has 8 nitrogen and oxygen atoms in total. The highest BCUT2D eigenvalue weighted by Gasteiger charge is 2.23. The largest absolute Gasteiger partial charge is 0.359 e. The first kappa shape index (κ1) is 27.7. The summed E-state index contributed by atoms with van der Waals surface area (Å²) in [5, 5.41) is 5.07. The third kappa shape index (κ3) is 15.2. The summed E-state index contributed by atoms with van der Waals surface area (Å²) in [7, 11) is 4.57. The summed E-state index contributed by atoms with van der Waals surface area (Å²) < 4.78 is 10.8. The first-order valence-corrected chi connectivity index (χ1v) is 11.1. The first-order valence-electron chi connectivity index (χ1n) is 11.1. The third-order valence-corrected chi connectivity index (χ3v) is 5.15. The molecule has 0 rings (SSSR count). The van der Waals surface area contributed by atoms with Gasteiger partial charge in [-0.1, -0.05) is 76.2 Å². The quantitative estimate of drug-likeness (QED) is 0.0631. The SMILES string of the molecule is CCCCCCCCCCCCC(OCOC)C(CCC(=O)N(C)OC)N=[N+]=[N-]. The fourth-order valence-electron chi connectivity index (χ4n) is 3.29. The molecule has 0 aromatic heterocycles. The fourth-order valence-corrected chi connectivity index (χ4v) is 3.29. The fraction of sp³-hybridized carbons (Fsp3) is 0.952. The van der Waals surface area contributed by atoms with Gasteiger partial charge >= 0.3 is 0 Å². The van der Waals surface area contributed by atoms with Crippen molar-refractivity contribution < 1.29 is 19.1 Å². The molecule has 2 atom stereocenters. The number of ether oxygens (including phenoxy) is 2. The first-order chi connectivity index (χ1) is 14.1. The molecular weight excluding hydrogens is 372 g/mol. The van der Waals surface area contributed by atoms with Crippen molar-refractivity contribution in [3.8, 4) is 0 Å². The van der Waals surface area contributed by atoms with Crippen molar-refractivity contribution >= 4 is 5.91 Å². The second-order valence-electron chi connectivity index (χ2n) is 7.47. The highest BCUT2D eigenvalue weighted by atomic mass is 16.7. The smallest absolute Gasteiger partial charge is 0.245 e. The molecule has 8 heteroatoms. The number of hydrogen-bond acceptors (Lipinski definition) is 5. The van der Waals surface area contributed by atoms with Gasteiger partial charge < -0.3 is 9.47 Å². The number of hydroxylamine groups is 2. The van der Waals surface area contributed by atoms with Crippen molar-refractivity contribution in [1.82, 2.24) is 5.06 Å². The van der Waals surface area contributed by atoms with E-state index in [2.05, 4.69) is 16.9 Å². The van der Waals surface area contributed by atoms with Crippen LogP contribution in [0.5, 0.6) is 0 Å². The van der Waals surface area contributed by atoms with Gasteiger partial charge in [-0.15, -0.1) is 0 Å². The molecule has 29 heavy (non-hydrogen) atoms. The molecule has 0 saturated carbocycles. The number of rotatable bonds is 20. The Bertz CT molecular complexity index is 444. The molecule has 0 spiro atoms. The van der Waals surface area contributed by atoms with Crippen LogP contribution in [0.2, 0.25) is 0 Å². The second kappa shape index (κ2) is 20.0. The van der Waals surface area contributed by atoms with E-state index in [1.54, 1.807) is 14.2 Å². The molecule has 170 valence electrons. The van der Waals surface area contributed by atoms with Crippen molar-refractivity contribution in [1.29, 1.82) is 0 Å². The summed E-state index contributed by atoms with van der Waals surface area (Å²) in [6.45, 7) is 2.39. The number of methoxy groups -OCH3 is 1. The summed E-state index contributed by atoms with van der Waals surface area (Å²) in [5.41, 5.74) is 8.93. The normalized spacial score (nSPS) is 13.0. The average Bonchev–Trinajstić information content (AvgIpc) is 2.73. The molecule has 0 aliphatic carbocycles. The number of unbranched alkanes of at least 4 members (excludes halogenated alkanes) is 9. The maximum absolute atomic E-state index is 12.0. The Morgan fingerprint density at radius 3 is 2.10 bits per heavy atom. The van der Waals surface area contributed by atoms with Crippen LogP contribution in [0.15, 0.2) is 5.11 Å². The van der Waals surface area contributed by atoms with Gasteiger partial charge in [0.05, 0.1) is 19.3 Å². The van der Waals surface area contributed by atoms with E-state index in [9.17, 15) is 4.79 Å². The van der Waals surface area contributed by atoms with E-state index in [1.165, 1.54) is 63.5 Å². The van der Waals surface area contributed by atoms with Crippen molar-refractivity contribution in [2.75, 3.05) is 28.1 Å². The van der Waals surface area contributed by atoms with Gasteiger partial charge in [0.25, 0.3) is 0 Å². The molecule has 0 radical (unpaired) electrons. The molecule has 0 aliphatic rings. The lowest BCUT2D eigenvalue weighted by Gasteiger charge is -2.24. The van der Waals surface area contributed by atoms with E-state index >= 15 is 0 Å². The van der Waals surface area contributed by atoms with Gasteiger partial charge in [0, 0.05) is 25.5 Å². The van der Waals surface area contributed by atoms with E-state index in [4.69, 9.17) is 19.8 Å². The Morgan fingerprint density at radius 2 is 1.59 bits per heavy atom. The minimum atomic E-state index is -0.400. The predicted molar refractivity (Wildman–Crippen MR) is 115 cm³/mol. The molecule has 0 bridgehead atoms. The maximum Gasteiger partial charge on any atom is 0.245 e. The van der Waals surface area contributed by atoms with E-state index in [-0.39, 0.29) is 25.2 Å². The summed E-state index contributed by atoms with van der Waals surface area (Å²) >= 11 is 0. The highest BCUT2D eigenvalue weighted by Crippen LogP contribution is 2.19. The summed E-state index contributed by atoms with van der Waals surface area (Å²) in [5.74, 6) is -0.157. The van der Waals surface area contributed by atoms with Gasteiger partial charge in [-0.2, -0.15) is 0 Å². The van der Waals surface area contributed by atoms with Gasteiger partial charge in [-0.05, 0) is 18.4 Å². The number of hydrogen-bond donors (Lipinski definition) is 0. The zero-order valence-electron chi connectivity index (χ0n) is 19.0. The molecular formula is C21H42N4O4. The lowest BCUT2D eigenvalue weighted by Crippen LogP contribution is -2.31. The van der Waals surface area contributed by atoms with Gasteiger partial charge in [-0.3, -0.25) is 9.63 Å². The Morgan fingerprint density at radius 1 is 1.00 bits per heavy atom. The van der Waals surface area contributed by atoms with Crippen LogP contribution in [0.4, 0.5) is 0 Å². The van der Waals surface area contributed by atoms with Gasteiger partial charge in [0.15, 0.2) is 0 Å². The van der Waals surface area contributed by atoms with Crippen LogP contribution in [-0.4, -0.2) is 51.2 Å². The van der Waals surface area contributed by atoms with E-state index in [1.807, 2.05) is 0 Å². The van der Waals surface area contributed by atoms with Gasteiger partial charge in [-0.25, -0.2) is 5.06 Å². The number of carbonyl (C=O) groups excluding carboxylic acids is 1. The van der Waals surface area contributed by atoms with Gasteiger partial charge in [0.2, 0.25) is 5.91 Å². The lowest BCUT2D eigenvalue weighted by atomic mass is 9.99. The van der Waals surface area contributed by atoms with E-state index < -0.39 is 6.04 Å². The van der Waals surface area contributed by atoms with Crippen molar-refractivity contribution in [2.45, 2.75) is 103 Å². The predicted octanol–water partition coefficient (Wildman–Crippen LogP) is 5.77. The summed E-state index contributed by atoms with van der Waals surface area (Å²) in [6.07, 6.45) is 13.8. The lowest BCUT2D eigenvalue weighted by molar-refractivity contribution is -0.169. The second-order valence-corrected chi connectivity index (χ2v) is 7.47. The standard InChI is InChI=1S/C21H42N4O4/c1-5-6-7-8-9-10-11-12-13-14-15-20(29-18-27-3)19(23-24-22)16-17-21(26)25(2)28-4/h19-20H,5-18H2,1-4H3. The molecule has 0 aromatic carbocycles. The summed E-state index contributed by atoms with van der Waals surface area (Å²) in [4.78, 5) is 19.8. The zero-order chi connectivity index (χ0) is 21.7. The Hall–Kier alpha value is -1.34. The van der Waals surface area contributed by atoms with Crippen LogP contribution in [0.3, 0.4) is 0 Å². The van der Waals surface area contributed by atoms with Crippen LogP contribution in [0.25, 0.3) is 10.4 Å². The molecule has 1 amide bonds. The molecule has 0 saturated heterocycles. The van der Waals surface area contributed by atoms with E-state index in [0.29, 0.717) is 6.42 Å². The van der Waals surface area contributed by atoms with Crippen LogP contribution in [0.1, 0.15) is 90.4 Å². The van der Waals surface area contributed by atoms with Gasteiger partial charge in [0.1, 0.15) is 6.79 Å². The maximum atomic E-state index is 12.0. The van der Waals surface area contributed by atoms with Crippen LogP contribution < -0.4 is 0 Å². The summed E-state index contributed by atoms with van der Waals surface area (Å²) in [6, 6.07) is -0.400. The Labute approximate surface area is 176 Å². The topological polar surface area (TPSA) is 96.8 Å². The number of nitrogens with zero attached hydrogens (tertiary/aromatic N) is 4. The third-order valence-electron chi connectivity index (χ3n) is 5.15. The number of amides is 1. The molecule has 0 aliphatic heterocycles. The van der Waals surface area contributed by atoms with Crippen LogP contribution in [-0.2, 0) is 19.1 Å². The van der Waals surface area contributed by atoms with Crippen LogP contribution >= 0.6 is 0 Å². The monoisotopic (exact) mass is 414 g/mol. The Kier molecular flexibility index (Phi) is 19.0. The average molecular weight is 415 g/mol. The van der Waals surface area contributed by atoms with Crippen LogP contribution in [0, 0.1) is 0 Å². The minimum Gasteiger partial charge on any atom is -0.359 e. The molecule has 0 aromatic rings. The Balaban J connectivity index is 4.30. The number of azide groups is 1.